The van der Waals surface area contributed by atoms with Crippen molar-refractivity contribution in [1.29, 1.82) is 0 Å². The minimum absolute atomic E-state index is 0.0868. The summed E-state index contributed by atoms with van der Waals surface area (Å²) in [5.74, 6) is 0.665. The van der Waals surface area contributed by atoms with Gasteiger partial charge in [0.2, 0.25) is 0 Å². The Morgan fingerprint density at radius 2 is 1.76 bits per heavy atom. The van der Waals surface area contributed by atoms with Crippen LogP contribution in [0.4, 0.5) is 4.39 Å². The van der Waals surface area contributed by atoms with E-state index in [0.29, 0.717) is 17.2 Å². The number of hydrogen-bond acceptors (Lipinski definition) is 2. The summed E-state index contributed by atoms with van der Waals surface area (Å²) >= 11 is 0. The fraction of sp³-hybridized carbons (Fsp3) is 0.333. The van der Waals surface area contributed by atoms with Crippen LogP contribution in [0.1, 0.15) is 50.3 Å². The van der Waals surface area contributed by atoms with Crippen molar-refractivity contribution in [3.63, 3.8) is 0 Å². The van der Waals surface area contributed by atoms with Crippen molar-refractivity contribution >= 4 is 0 Å². The lowest BCUT2D eigenvalue weighted by Gasteiger charge is -2.15. The SMILES string of the molecule is CCC(C)c1ccc(Oc2c(F)cccc2[C@H](C)O)cc1. The first kappa shape index (κ1) is 15.5. The van der Waals surface area contributed by atoms with Crippen LogP contribution in [0.15, 0.2) is 42.5 Å². The van der Waals surface area contributed by atoms with E-state index in [4.69, 9.17) is 4.74 Å². The Morgan fingerprint density at radius 1 is 1.10 bits per heavy atom. The molecule has 2 rings (SSSR count). The molecule has 0 heterocycles. The van der Waals surface area contributed by atoms with Gasteiger partial charge >= 0.3 is 0 Å². The average molecular weight is 288 g/mol. The van der Waals surface area contributed by atoms with Crippen molar-refractivity contribution in [1.82, 2.24) is 0 Å². The normalized spacial score (nSPS) is 13.8. The Kier molecular flexibility index (Phi) is 4.97. The fourth-order valence-electron chi connectivity index (χ4n) is 2.18. The molecule has 0 saturated carbocycles. The Balaban J connectivity index is 2.26. The van der Waals surface area contributed by atoms with Crippen LogP contribution in [0, 0.1) is 5.82 Å². The summed E-state index contributed by atoms with van der Waals surface area (Å²) in [7, 11) is 0. The van der Waals surface area contributed by atoms with Gasteiger partial charge in [0.05, 0.1) is 6.10 Å². The van der Waals surface area contributed by atoms with Crippen LogP contribution < -0.4 is 4.74 Å². The molecule has 0 fully saturated rings. The zero-order valence-corrected chi connectivity index (χ0v) is 12.6. The number of halogens is 1. The van der Waals surface area contributed by atoms with Crippen LogP contribution in [0.3, 0.4) is 0 Å². The largest absolute Gasteiger partial charge is 0.454 e. The second-order valence-electron chi connectivity index (χ2n) is 5.31. The molecule has 2 aromatic rings. The van der Waals surface area contributed by atoms with Crippen LogP contribution in [0.2, 0.25) is 0 Å². The molecule has 112 valence electrons. The van der Waals surface area contributed by atoms with E-state index in [0.717, 1.165) is 6.42 Å². The third kappa shape index (κ3) is 3.61. The van der Waals surface area contributed by atoms with Crippen molar-refractivity contribution in [2.45, 2.75) is 39.2 Å². The third-order valence-electron chi connectivity index (χ3n) is 3.73. The molecule has 0 aromatic heterocycles. The number of rotatable bonds is 5. The van der Waals surface area contributed by atoms with E-state index in [1.807, 2.05) is 24.3 Å². The van der Waals surface area contributed by atoms with Crippen LogP contribution in [-0.4, -0.2) is 5.11 Å². The molecule has 0 bridgehead atoms. The second kappa shape index (κ2) is 6.72. The van der Waals surface area contributed by atoms with E-state index in [1.165, 1.54) is 11.6 Å². The summed E-state index contributed by atoms with van der Waals surface area (Å²) in [6, 6.07) is 12.2. The molecule has 21 heavy (non-hydrogen) atoms. The van der Waals surface area contributed by atoms with E-state index in [-0.39, 0.29) is 5.75 Å². The monoisotopic (exact) mass is 288 g/mol. The molecule has 3 heteroatoms. The topological polar surface area (TPSA) is 29.5 Å². The lowest BCUT2D eigenvalue weighted by Crippen LogP contribution is -1.99. The summed E-state index contributed by atoms with van der Waals surface area (Å²) in [5, 5.41) is 9.71. The summed E-state index contributed by atoms with van der Waals surface area (Å²) in [4.78, 5) is 0. The van der Waals surface area contributed by atoms with Gasteiger partial charge in [-0.05, 0) is 43.0 Å². The van der Waals surface area contributed by atoms with Crippen molar-refractivity contribution in [2.24, 2.45) is 0 Å². The highest BCUT2D eigenvalue weighted by atomic mass is 19.1. The molecule has 0 amide bonds. The van der Waals surface area contributed by atoms with E-state index >= 15 is 0 Å². The van der Waals surface area contributed by atoms with Gasteiger partial charge in [0.1, 0.15) is 5.75 Å². The molecule has 0 radical (unpaired) electrons. The third-order valence-corrected chi connectivity index (χ3v) is 3.73. The van der Waals surface area contributed by atoms with Gasteiger partial charge in [-0.25, -0.2) is 4.39 Å². The van der Waals surface area contributed by atoms with Gasteiger partial charge in [-0.3, -0.25) is 0 Å². The quantitative estimate of drug-likeness (QED) is 0.821. The number of benzene rings is 2. The molecule has 0 saturated heterocycles. The Labute approximate surface area is 125 Å². The van der Waals surface area contributed by atoms with Gasteiger partial charge in [0.15, 0.2) is 11.6 Å². The average Bonchev–Trinajstić information content (AvgIpc) is 2.49. The molecule has 0 aliphatic rings. The van der Waals surface area contributed by atoms with Gasteiger partial charge in [-0.1, -0.05) is 38.1 Å². The highest BCUT2D eigenvalue weighted by Gasteiger charge is 2.14. The summed E-state index contributed by atoms with van der Waals surface area (Å²) in [6.07, 6.45) is 0.287. The van der Waals surface area contributed by atoms with Gasteiger partial charge in [0.25, 0.3) is 0 Å². The van der Waals surface area contributed by atoms with Crippen molar-refractivity contribution in [3.05, 3.63) is 59.4 Å². The molecule has 0 aliphatic heterocycles. The second-order valence-corrected chi connectivity index (χ2v) is 5.31. The number of hydrogen-bond donors (Lipinski definition) is 1. The molecular weight excluding hydrogens is 267 g/mol. The zero-order valence-electron chi connectivity index (χ0n) is 12.6. The first-order valence-electron chi connectivity index (χ1n) is 7.27. The molecule has 2 nitrogen and oxygen atoms in total. The lowest BCUT2D eigenvalue weighted by atomic mass is 9.99. The molecule has 1 unspecified atom stereocenters. The molecular formula is C18H21FO2. The van der Waals surface area contributed by atoms with E-state index < -0.39 is 11.9 Å². The van der Waals surface area contributed by atoms with Gasteiger partial charge in [-0.15, -0.1) is 0 Å². The number of aliphatic hydroxyl groups is 1. The van der Waals surface area contributed by atoms with Gasteiger partial charge in [-0.2, -0.15) is 0 Å². The predicted octanol–water partition coefficient (Wildman–Crippen LogP) is 5.18. The number of ether oxygens (including phenoxy) is 1. The Morgan fingerprint density at radius 3 is 2.33 bits per heavy atom. The van der Waals surface area contributed by atoms with Crippen molar-refractivity contribution in [3.8, 4) is 11.5 Å². The summed E-state index contributed by atoms with van der Waals surface area (Å²) in [5.41, 5.74) is 1.68. The summed E-state index contributed by atoms with van der Waals surface area (Å²) in [6.45, 7) is 5.90. The smallest absolute Gasteiger partial charge is 0.168 e. The van der Waals surface area contributed by atoms with E-state index in [1.54, 1.807) is 19.1 Å². The van der Waals surface area contributed by atoms with Gasteiger partial charge in [0, 0.05) is 5.56 Å². The minimum Gasteiger partial charge on any atom is -0.454 e. The molecule has 0 spiro atoms. The lowest BCUT2D eigenvalue weighted by molar-refractivity contribution is 0.194. The maximum Gasteiger partial charge on any atom is 0.168 e. The number of para-hydroxylation sites is 1. The Bertz CT molecular complexity index is 591. The predicted molar refractivity (Wildman–Crippen MR) is 82.3 cm³/mol. The molecule has 1 N–H and O–H groups in total. The van der Waals surface area contributed by atoms with E-state index in [2.05, 4.69) is 13.8 Å². The van der Waals surface area contributed by atoms with Crippen molar-refractivity contribution < 1.29 is 14.2 Å². The Hall–Kier alpha value is -1.87. The minimum atomic E-state index is -0.782. The first-order chi connectivity index (χ1) is 10.0. The van der Waals surface area contributed by atoms with Crippen LogP contribution in [-0.2, 0) is 0 Å². The van der Waals surface area contributed by atoms with Crippen LogP contribution >= 0.6 is 0 Å². The van der Waals surface area contributed by atoms with E-state index in [9.17, 15) is 9.50 Å². The first-order valence-corrected chi connectivity index (χ1v) is 7.27. The number of aliphatic hydroxyl groups excluding tert-OH is 1. The maximum atomic E-state index is 13.9. The van der Waals surface area contributed by atoms with Gasteiger partial charge < -0.3 is 9.84 Å². The summed E-state index contributed by atoms with van der Waals surface area (Å²) < 4.78 is 19.6. The molecule has 2 aromatic carbocycles. The van der Waals surface area contributed by atoms with Crippen molar-refractivity contribution in [2.75, 3.05) is 0 Å². The maximum absolute atomic E-state index is 13.9. The van der Waals surface area contributed by atoms with Crippen LogP contribution in [0.5, 0.6) is 11.5 Å². The standard InChI is InChI=1S/C18H21FO2/c1-4-12(2)14-8-10-15(11-9-14)21-18-16(13(3)20)6-5-7-17(18)19/h5-13,20H,4H2,1-3H3/t12?,13-/m0/s1. The highest BCUT2D eigenvalue weighted by molar-refractivity contribution is 5.41. The van der Waals surface area contributed by atoms with Crippen LogP contribution in [0.25, 0.3) is 0 Å². The molecule has 2 atom stereocenters. The highest BCUT2D eigenvalue weighted by Crippen LogP contribution is 2.32. The fourth-order valence-corrected chi connectivity index (χ4v) is 2.18. The zero-order chi connectivity index (χ0) is 15.4. The molecule has 0 aliphatic carbocycles.